The number of nitrogens with zero attached hydrogens (tertiary/aromatic N) is 2. The zero-order chi connectivity index (χ0) is 22.7. The van der Waals surface area contributed by atoms with Crippen LogP contribution >= 0.6 is 19.1 Å². The van der Waals surface area contributed by atoms with Crippen molar-refractivity contribution in [1.82, 2.24) is 4.90 Å². The van der Waals surface area contributed by atoms with Crippen LogP contribution in [0.4, 0.5) is 5.69 Å². The average molecular weight is 539 g/mol. The zero-order valence-corrected chi connectivity index (χ0v) is 22.0. The third kappa shape index (κ3) is 9.10. The molecule has 2 aromatic carbocycles. The van der Waals surface area contributed by atoms with Gasteiger partial charge in [-0.2, -0.15) is 0 Å². The van der Waals surface area contributed by atoms with E-state index >= 15 is 0 Å². The van der Waals surface area contributed by atoms with Crippen molar-refractivity contribution in [1.29, 1.82) is 0 Å². The third-order valence-electron chi connectivity index (χ3n) is 5.28. The summed E-state index contributed by atoms with van der Waals surface area (Å²) < 4.78 is 0. The maximum atomic E-state index is 6.92. The summed E-state index contributed by atoms with van der Waals surface area (Å²) in [5.41, 5.74) is 9.95. The van der Waals surface area contributed by atoms with Crippen molar-refractivity contribution in [3.63, 3.8) is 0 Å². The van der Waals surface area contributed by atoms with Crippen LogP contribution < -0.4 is 0 Å². The van der Waals surface area contributed by atoms with E-state index in [0.717, 1.165) is 23.2 Å². The Morgan fingerprint density at radius 2 is 1.27 bits per heavy atom. The van der Waals surface area contributed by atoms with E-state index < -0.39 is 0 Å². The molecule has 1 heterocycles. The standard InChI is InChI=1S/C15H22N.C10H11N.2ClH.Pd/c1-12-10-13(2)15(14(3)11-12)6-9-16-7-4-5-8-16;1-7-5-8(2)10(11-4)9(3)6-7;;;/h9-11H,4-8H2,1-3H3;5-6H,1-3H3;2*1H;/q-1;;;;+2/p-2. The first-order valence-electron chi connectivity index (χ1n) is 10.1. The molecule has 1 saturated heterocycles. The van der Waals surface area contributed by atoms with Crippen LogP contribution in [0.2, 0.25) is 0 Å². The predicted octanol–water partition coefficient (Wildman–Crippen LogP) is 7.95. The molecule has 1 fully saturated rings. The van der Waals surface area contributed by atoms with Gasteiger partial charge in [0.05, 0.1) is 6.57 Å². The summed E-state index contributed by atoms with van der Waals surface area (Å²) in [4.78, 5) is 5.93. The van der Waals surface area contributed by atoms with Crippen LogP contribution in [0.3, 0.4) is 0 Å². The van der Waals surface area contributed by atoms with E-state index in [4.69, 9.17) is 25.6 Å². The van der Waals surface area contributed by atoms with Crippen molar-refractivity contribution in [2.75, 3.05) is 13.1 Å². The van der Waals surface area contributed by atoms with Crippen molar-refractivity contribution in [3.05, 3.63) is 81.2 Å². The molecule has 0 N–H and O–H groups in total. The van der Waals surface area contributed by atoms with Crippen LogP contribution in [0, 0.1) is 54.7 Å². The summed E-state index contributed by atoms with van der Waals surface area (Å²) in [7, 11) is 9.63. The van der Waals surface area contributed by atoms with Crippen molar-refractivity contribution in [2.45, 2.75) is 60.8 Å². The molecule has 0 spiro atoms. The molecule has 2 aromatic rings. The molecule has 0 amide bonds. The first-order valence-corrected chi connectivity index (χ1v) is 14.2. The van der Waals surface area contributed by atoms with Gasteiger partial charge in [0, 0.05) is 0 Å². The molecular weight excluding hydrogens is 506 g/mol. The number of halogens is 2. The number of benzene rings is 2. The average Bonchev–Trinajstić information content (AvgIpc) is 3.15. The fourth-order valence-corrected chi connectivity index (χ4v) is 4.03. The van der Waals surface area contributed by atoms with E-state index in [1.54, 1.807) is 0 Å². The molecule has 1 aliphatic heterocycles. The van der Waals surface area contributed by atoms with Gasteiger partial charge >= 0.3 is 35.0 Å². The molecule has 1 aliphatic rings. The van der Waals surface area contributed by atoms with E-state index in [1.807, 2.05) is 32.9 Å². The molecule has 0 radical (unpaired) electrons. The van der Waals surface area contributed by atoms with Gasteiger partial charge in [0.25, 0.3) is 0 Å². The Labute approximate surface area is 199 Å². The van der Waals surface area contributed by atoms with Crippen molar-refractivity contribution >= 4 is 24.7 Å². The molecule has 5 heteroatoms. The zero-order valence-electron chi connectivity index (χ0n) is 18.9. The van der Waals surface area contributed by atoms with E-state index in [0.29, 0.717) is 0 Å². The van der Waals surface area contributed by atoms with Crippen molar-refractivity contribution in [3.8, 4) is 0 Å². The van der Waals surface area contributed by atoms with Gasteiger partial charge in [0.15, 0.2) is 5.69 Å². The SMILES string of the molecule is Cc1cc(C)c(C[CH-]N2CCCC2)c(C)c1.[C-]#[N+]c1c(C)cc(C)cc1C.[Cl][Pd][Cl]. The topological polar surface area (TPSA) is 7.60 Å². The monoisotopic (exact) mass is 537 g/mol. The second-order valence-electron chi connectivity index (χ2n) is 7.91. The molecule has 0 unspecified atom stereocenters. The molecule has 0 aromatic heterocycles. The van der Waals surface area contributed by atoms with E-state index in [-0.39, 0.29) is 15.9 Å². The Morgan fingerprint density at radius 1 is 0.867 bits per heavy atom. The second-order valence-corrected chi connectivity index (χ2v) is 10.3. The Balaban J connectivity index is 0.000000280. The number of hydrogen-bond donors (Lipinski definition) is 0. The number of rotatable bonds is 3. The summed E-state index contributed by atoms with van der Waals surface area (Å²) >= 11 is -0.106. The number of hydrogen-bond acceptors (Lipinski definition) is 1. The van der Waals surface area contributed by atoms with Gasteiger partial charge in [-0.1, -0.05) is 41.0 Å². The molecule has 0 aliphatic carbocycles. The van der Waals surface area contributed by atoms with Gasteiger partial charge in [0.2, 0.25) is 0 Å². The van der Waals surface area contributed by atoms with Gasteiger partial charge in [-0.3, -0.25) is 6.54 Å². The fourth-order valence-electron chi connectivity index (χ4n) is 4.03. The molecule has 3 rings (SSSR count). The molecule has 2 nitrogen and oxygen atoms in total. The molecule has 0 saturated carbocycles. The van der Waals surface area contributed by atoms with Gasteiger partial charge in [-0.05, 0) is 89.7 Å². The van der Waals surface area contributed by atoms with Gasteiger partial charge in [0.1, 0.15) is 0 Å². The second kappa shape index (κ2) is 14.2. The quantitative estimate of drug-likeness (QED) is 0.284. The van der Waals surface area contributed by atoms with Gasteiger partial charge in [-0.25, -0.2) is 4.85 Å². The van der Waals surface area contributed by atoms with Crippen LogP contribution in [0.15, 0.2) is 24.3 Å². The first-order chi connectivity index (χ1) is 14.2. The summed E-state index contributed by atoms with van der Waals surface area (Å²) in [5.74, 6) is 0. The van der Waals surface area contributed by atoms with E-state index in [2.05, 4.69) is 49.2 Å². The Kier molecular flexibility index (Phi) is 12.9. The maximum absolute atomic E-state index is 6.92. The molecule has 0 bridgehead atoms. The predicted molar refractivity (Wildman–Crippen MR) is 128 cm³/mol. The molecule has 0 atom stereocenters. The Bertz CT molecular complexity index is 807. The summed E-state index contributed by atoms with van der Waals surface area (Å²) in [6, 6.07) is 8.67. The van der Waals surface area contributed by atoms with Gasteiger partial charge in [-0.15, -0.1) is 6.42 Å². The summed E-state index contributed by atoms with van der Waals surface area (Å²) in [6.07, 6.45) is 3.82. The molecular formula is C25H33Cl2N2Pd-. The minimum atomic E-state index is -0.106. The van der Waals surface area contributed by atoms with E-state index in [9.17, 15) is 0 Å². The van der Waals surface area contributed by atoms with Crippen LogP contribution in [0.5, 0.6) is 0 Å². The van der Waals surface area contributed by atoms with Crippen molar-refractivity contribution in [2.24, 2.45) is 0 Å². The van der Waals surface area contributed by atoms with Crippen molar-refractivity contribution < 1.29 is 15.9 Å². The van der Waals surface area contributed by atoms with E-state index in [1.165, 1.54) is 53.7 Å². The number of aryl methyl sites for hydroxylation is 6. The molecule has 30 heavy (non-hydrogen) atoms. The Hall–Kier alpha value is -0.868. The van der Waals surface area contributed by atoms with Crippen LogP contribution in [0.25, 0.3) is 4.85 Å². The van der Waals surface area contributed by atoms with Gasteiger partial charge < -0.3 is 4.90 Å². The minimum absolute atomic E-state index is 0.106. The van der Waals surface area contributed by atoms with Crippen LogP contribution in [-0.2, 0) is 22.4 Å². The van der Waals surface area contributed by atoms with Crippen LogP contribution in [-0.4, -0.2) is 18.0 Å². The third-order valence-corrected chi connectivity index (χ3v) is 5.28. The normalized spacial score (nSPS) is 13.2. The Morgan fingerprint density at radius 3 is 1.67 bits per heavy atom. The first kappa shape index (κ1) is 27.2. The van der Waals surface area contributed by atoms with Crippen LogP contribution in [0.1, 0.15) is 51.8 Å². The number of likely N-dealkylation sites (tertiary alicyclic amines) is 1. The fraction of sp³-hybridized carbons (Fsp3) is 0.440. The summed E-state index contributed by atoms with van der Waals surface area (Å²) in [5, 5.41) is 0. The summed E-state index contributed by atoms with van der Waals surface area (Å²) in [6.45, 7) is 24.5. The molecule has 168 valence electrons.